The van der Waals surface area contributed by atoms with E-state index in [9.17, 15) is 4.79 Å². The number of alkyl halides is 1. The molecular formula is C12H13IO2. The van der Waals surface area contributed by atoms with Gasteiger partial charge in [-0.2, -0.15) is 0 Å². The Kier molecular flexibility index (Phi) is 3.29. The summed E-state index contributed by atoms with van der Waals surface area (Å²) in [6.45, 7) is 0. The zero-order valence-electron chi connectivity index (χ0n) is 8.57. The summed E-state index contributed by atoms with van der Waals surface area (Å²) in [7, 11) is 1.41. The third-order valence-electron chi connectivity index (χ3n) is 2.88. The first-order chi connectivity index (χ1) is 7.20. The molecule has 3 heteroatoms. The average Bonchev–Trinajstić information content (AvgIpc) is 2.24. The van der Waals surface area contributed by atoms with Crippen molar-refractivity contribution in [3.63, 3.8) is 0 Å². The van der Waals surface area contributed by atoms with E-state index in [1.807, 2.05) is 24.3 Å². The Hall–Kier alpha value is -0.580. The van der Waals surface area contributed by atoms with Crippen LogP contribution in [0.1, 0.15) is 34.7 Å². The number of carbonyl (C=O) groups excluding carboxylic acids is 1. The first-order valence-corrected chi connectivity index (χ1v) is 6.27. The maximum absolute atomic E-state index is 11.2. The number of halogens is 1. The van der Waals surface area contributed by atoms with E-state index < -0.39 is 0 Å². The highest BCUT2D eigenvalue weighted by Crippen LogP contribution is 2.41. The molecule has 1 aromatic rings. The summed E-state index contributed by atoms with van der Waals surface area (Å²) < 4.78 is 5.48. The molecule has 1 aliphatic carbocycles. The van der Waals surface area contributed by atoms with Gasteiger partial charge in [0.25, 0.3) is 0 Å². The van der Waals surface area contributed by atoms with Gasteiger partial charge in [0, 0.05) is 3.92 Å². The van der Waals surface area contributed by atoms with Crippen LogP contribution in [0.2, 0.25) is 0 Å². The lowest BCUT2D eigenvalue weighted by atomic mass is 9.80. The van der Waals surface area contributed by atoms with Gasteiger partial charge in [-0.05, 0) is 36.5 Å². The zero-order chi connectivity index (χ0) is 10.8. The molecule has 15 heavy (non-hydrogen) atoms. The van der Waals surface area contributed by atoms with E-state index in [0.717, 1.165) is 3.92 Å². The number of esters is 1. The van der Waals surface area contributed by atoms with E-state index in [-0.39, 0.29) is 5.97 Å². The molecule has 0 heterocycles. The SMILES string of the molecule is COC(=O)c1ccc(C2CC(I)C2)cc1. The van der Waals surface area contributed by atoms with Crippen molar-refractivity contribution < 1.29 is 9.53 Å². The lowest BCUT2D eigenvalue weighted by Crippen LogP contribution is -2.21. The van der Waals surface area contributed by atoms with E-state index in [1.54, 1.807) is 0 Å². The van der Waals surface area contributed by atoms with Gasteiger partial charge in [-0.25, -0.2) is 4.79 Å². The monoisotopic (exact) mass is 316 g/mol. The fourth-order valence-corrected chi connectivity index (χ4v) is 3.06. The van der Waals surface area contributed by atoms with Crippen LogP contribution in [0.15, 0.2) is 24.3 Å². The highest BCUT2D eigenvalue weighted by molar-refractivity contribution is 14.1. The Bertz CT molecular complexity index is 352. The van der Waals surface area contributed by atoms with Gasteiger partial charge in [0.15, 0.2) is 0 Å². The van der Waals surface area contributed by atoms with E-state index >= 15 is 0 Å². The largest absolute Gasteiger partial charge is 0.465 e. The predicted octanol–water partition coefficient (Wildman–Crippen LogP) is 3.15. The summed E-state index contributed by atoms with van der Waals surface area (Å²) in [5.41, 5.74) is 1.97. The maximum Gasteiger partial charge on any atom is 0.337 e. The minimum Gasteiger partial charge on any atom is -0.465 e. The summed E-state index contributed by atoms with van der Waals surface area (Å²) in [6, 6.07) is 7.78. The third kappa shape index (κ3) is 2.33. The van der Waals surface area contributed by atoms with Crippen molar-refractivity contribution in [3.05, 3.63) is 35.4 Å². The Morgan fingerprint density at radius 3 is 2.40 bits per heavy atom. The first-order valence-electron chi connectivity index (χ1n) is 5.03. The maximum atomic E-state index is 11.2. The van der Waals surface area contributed by atoms with E-state index in [4.69, 9.17) is 0 Å². The number of benzene rings is 1. The van der Waals surface area contributed by atoms with Gasteiger partial charge in [0.1, 0.15) is 0 Å². The number of hydrogen-bond acceptors (Lipinski definition) is 2. The quantitative estimate of drug-likeness (QED) is 0.476. The van der Waals surface area contributed by atoms with Crippen LogP contribution >= 0.6 is 22.6 Å². The van der Waals surface area contributed by atoms with E-state index in [0.29, 0.717) is 11.5 Å². The molecule has 1 saturated carbocycles. The van der Waals surface area contributed by atoms with Crippen molar-refractivity contribution >= 4 is 28.6 Å². The zero-order valence-corrected chi connectivity index (χ0v) is 10.7. The molecule has 0 radical (unpaired) electrons. The summed E-state index contributed by atoms with van der Waals surface area (Å²) in [6.07, 6.45) is 2.52. The Morgan fingerprint density at radius 2 is 1.93 bits per heavy atom. The summed E-state index contributed by atoms with van der Waals surface area (Å²) in [5, 5.41) is 0. The van der Waals surface area contributed by atoms with Crippen LogP contribution in [0.3, 0.4) is 0 Å². The number of methoxy groups -OCH3 is 1. The molecule has 0 amide bonds. The molecule has 0 aliphatic heterocycles. The fourth-order valence-electron chi connectivity index (χ4n) is 1.83. The molecule has 2 rings (SSSR count). The molecule has 0 aromatic heterocycles. The van der Waals surface area contributed by atoms with Gasteiger partial charge in [0.2, 0.25) is 0 Å². The Balaban J connectivity index is 2.07. The van der Waals surface area contributed by atoms with Gasteiger partial charge in [-0.3, -0.25) is 0 Å². The van der Waals surface area contributed by atoms with Gasteiger partial charge in [0.05, 0.1) is 12.7 Å². The van der Waals surface area contributed by atoms with Crippen molar-refractivity contribution in [1.82, 2.24) is 0 Å². The molecule has 1 aromatic carbocycles. The molecule has 0 saturated heterocycles. The molecule has 1 fully saturated rings. The topological polar surface area (TPSA) is 26.3 Å². The smallest absolute Gasteiger partial charge is 0.337 e. The van der Waals surface area contributed by atoms with Crippen LogP contribution in [0.5, 0.6) is 0 Å². The van der Waals surface area contributed by atoms with Gasteiger partial charge < -0.3 is 4.74 Å². The van der Waals surface area contributed by atoms with Crippen LogP contribution in [-0.4, -0.2) is 17.0 Å². The molecule has 0 atom stereocenters. The van der Waals surface area contributed by atoms with Crippen molar-refractivity contribution in [2.75, 3.05) is 7.11 Å². The number of hydrogen-bond donors (Lipinski definition) is 0. The van der Waals surface area contributed by atoms with Crippen molar-refractivity contribution in [1.29, 1.82) is 0 Å². The van der Waals surface area contributed by atoms with Gasteiger partial charge >= 0.3 is 5.97 Å². The summed E-state index contributed by atoms with van der Waals surface area (Å²) in [5.74, 6) is 0.431. The van der Waals surface area contributed by atoms with Crippen LogP contribution in [0.4, 0.5) is 0 Å². The second-order valence-electron chi connectivity index (χ2n) is 3.88. The average molecular weight is 316 g/mol. The van der Waals surface area contributed by atoms with Crippen molar-refractivity contribution in [2.24, 2.45) is 0 Å². The summed E-state index contributed by atoms with van der Waals surface area (Å²) in [4.78, 5) is 11.2. The molecule has 1 aliphatic rings. The van der Waals surface area contributed by atoms with Gasteiger partial charge in [-0.15, -0.1) is 0 Å². The number of carbonyl (C=O) groups is 1. The minimum atomic E-state index is -0.262. The third-order valence-corrected chi connectivity index (χ3v) is 3.90. The van der Waals surface area contributed by atoms with Gasteiger partial charge in [-0.1, -0.05) is 34.7 Å². The molecule has 2 nitrogen and oxygen atoms in total. The standard InChI is InChI=1S/C12H13IO2/c1-15-12(14)9-4-2-8(3-5-9)10-6-11(13)7-10/h2-5,10-11H,6-7H2,1H3. The van der Waals surface area contributed by atoms with Crippen LogP contribution in [0.25, 0.3) is 0 Å². The number of ether oxygens (including phenoxy) is 1. The second kappa shape index (κ2) is 4.51. The minimum absolute atomic E-state index is 0.262. The van der Waals surface area contributed by atoms with Crippen LogP contribution in [0, 0.1) is 0 Å². The predicted molar refractivity (Wildman–Crippen MR) is 67.6 cm³/mol. The van der Waals surface area contributed by atoms with E-state index in [1.165, 1.54) is 25.5 Å². The summed E-state index contributed by atoms with van der Waals surface area (Å²) >= 11 is 2.48. The molecule has 0 bridgehead atoms. The number of rotatable bonds is 2. The Morgan fingerprint density at radius 1 is 1.33 bits per heavy atom. The van der Waals surface area contributed by atoms with Crippen molar-refractivity contribution in [3.8, 4) is 0 Å². The van der Waals surface area contributed by atoms with Crippen molar-refractivity contribution in [2.45, 2.75) is 22.7 Å². The highest BCUT2D eigenvalue weighted by atomic mass is 127. The van der Waals surface area contributed by atoms with E-state index in [2.05, 4.69) is 27.3 Å². The molecule has 80 valence electrons. The first kappa shape index (κ1) is 10.9. The fraction of sp³-hybridized carbons (Fsp3) is 0.417. The molecule has 0 spiro atoms. The Labute approximate surface area is 103 Å². The highest BCUT2D eigenvalue weighted by Gasteiger charge is 2.27. The lowest BCUT2D eigenvalue weighted by Gasteiger charge is -2.31. The lowest BCUT2D eigenvalue weighted by molar-refractivity contribution is 0.0600. The van der Waals surface area contributed by atoms with Crippen LogP contribution < -0.4 is 0 Å². The normalized spacial score (nSPS) is 24.4. The second-order valence-corrected chi connectivity index (χ2v) is 5.64. The molecule has 0 N–H and O–H groups in total. The molecule has 0 unspecified atom stereocenters. The van der Waals surface area contributed by atoms with Crippen LogP contribution in [-0.2, 0) is 4.74 Å². The molecular weight excluding hydrogens is 303 g/mol.